The van der Waals surface area contributed by atoms with Gasteiger partial charge in [0.25, 0.3) is 5.92 Å². The van der Waals surface area contributed by atoms with Gasteiger partial charge >= 0.3 is 6.09 Å². The minimum Gasteiger partial charge on any atom is -0.444 e. The standard InChI is InChI=1S/C31H49F2N5O4/c1-9-10-31(32,33)26-13-25-24(14-34-26)30(7,8)20-38(25)27(39)18-36-15-21(2)37(28(40)42-29(4,5)6)17-23(36)16-35-11-12-41-19-22(35)3/h13-14,21-23H,9-12,15-20H2,1-8H3/t21-,22-,23+/m1/s1. The van der Waals surface area contributed by atoms with Crippen LogP contribution >= 0.6 is 0 Å². The van der Waals surface area contributed by atoms with Crippen molar-refractivity contribution in [3.05, 3.63) is 23.5 Å². The fourth-order valence-electron chi connectivity index (χ4n) is 6.23. The molecule has 0 radical (unpaired) electrons. The van der Waals surface area contributed by atoms with Crippen molar-refractivity contribution in [3.63, 3.8) is 0 Å². The Labute approximate surface area is 249 Å². The summed E-state index contributed by atoms with van der Waals surface area (Å²) in [5.41, 5.74) is -0.00639. The van der Waals surface area contributed by atoms with E-state index >= 15 is 0 Å². The van der Waals surface area contributed by atoms with Crippen LogP contribution in [0.15, 0.2) is 12.3 Å². The largest absolute Gasteiger partial charge is 0.444 e. The number of halogens is 2. The first-order chi connectivity index (χ1) is 19.5. The number of anilines is 1. The number of hydrogen-bond acceptors (Lipinski definition) is 7. The molecule has 236 valence electrons. The summed E-state index contributed by atoms with van der Waals surface area (Å²) in [6.07, 6.45) is 1.20. The van der Waals surface area contributed by atoms with Crippen LogP contribution in [-0.2, 0) is 25.6 Å². The first kappa shape index (κ1) is 32.5. The zero-order chi connectivity index (χ0) is 31.0. The van der Waals surface area contributed by atoms with Gasteiger partial charge in [-0.3, -0.25) is 19.6 Å². The second-order valence-corrected chi connectivity index (χ2v) is 13.9. The van der Waals surface area contributed by atoms with Gasteiger partial charge in [0, 0.05) is 74.4 Å². The molecule has 0 N–H and O–H groups in total. The van der Waals surface area contributed by atoms with Crippen molar-refractivity contribution >= 4 is 17.7 Å². The Bertz CT molecular complexity index is 1140. The maximum atomic E-state index is 14.8. The highest BCUT2D eigenvalue weighted by atomic mass is 19.3. The number of piperazine rings is 1. The molecule has 4 heterocycles. The number of alkyl halides is 2. The summed E-state index contributed by atoms with van der Waals surface area (Å²) in [5, 5.41) is 0. The van der Waals surface area contributed by atoms with Crippen molar-refractivity contribution < 1.29 is 27.8 Å². The van der Waals surface area contributed by atoms with Crippen LogP contribution < -0.4 is 4.90 Å². The molecular formula is C31H49F2N5O4. The number of hydrogen-bond donors (Lipinski definition) is 0. The number of nitrogens with zero attached hydrogens (tertiary/aromatic N) is 5. The van der Waals surface area contributed by atoms with E-state index in [1.807, 2.05) is 41.5 Å². The first-order valence-corrected chi connectivity index (χ1v) is 15.3. The van der Waals surface area contributed by atoms with Gasteiger partial charge in [-0.1, -0.05) is 27.2 Å². The molecule has 3 atom stereocenters. The van der Waals surface area contributed by atoms with Crippen LogP contribution in [0.4, 0.5) is 19.3 Å². The molecule has 2 amide bonds. The molecule has 0 bridgehead atoms. The number of ether oxygens (including phenoxy) is 2. The van der Waals surface area contributed by atoms with Gasteiger partial charge in [-0.25, -0.2) is 4.79 Å². The molecule has 11 heteroatoms. The smallest absolute Gasteiger partial charge is 0.410 e. The third-order valence-electron chi connectivity index (χ3n) is 8.57. The van der Waals surface area contributed by atoms with Crippen LogP contribution in [0.3, 0.4) is 0 Å². The average Bonchev–Trinajstić information content (AvgIpc) is 3.16. The van der Waals surface area contributed by atoms with Crippen LogP contribution in [-0.4, -0.2) is 108 Å². The molecular weight excluding hydrogens is 544 g/mol. The van der Waals surface area contributed by atoms with Gasteiger partial charge in [0.2, 0.25) is 5.91 Å². The lowest BCUT2D eigenvalue weighted by atomic mass is 9.88. The Morgan fingerprint density at radius 2 is 1.86 bits per heavy atom. The van der Waals surface area contributed by atoms with E-state index in [2.05, 4.69) is 21.7 Å². The monoisotopic (exact) mass is 593 g/mol. The second-order valence-electron chi connectivity index (χ2n) is 13.9. The maximum Gasteiger partial charge on any atom is 0.410 e. The number of pyridine rings is 1. The predicted molar refractivity (Wildman–Crippen MR) is 158 cm³/mol. The quantitative estimate of drug-likeness (QED) is 0.456. The van der Waals surface area contributed by atoms with Crippen LogP contribution in [0.1, 0.15) is 79.5 Å². The molecule has 4 rings (SSSR count). The van der Waals surface area contributed by atoms with E-state index in [0.29, 0.717) is 51.5 Å². The molecule has 42 heavy (non-hydrogen) atoms. The summed E-state index contributed by atoms with van der Waals surface area (Å²) in [5.74, 6) is -3.20. The maximum absolute atomic E-state index is 14.8. The number of aromatic nitrogens is 1. The predicted octanol–water partition coefficient (Wildman–Crippen LogP) is 4.63. The summed E-state index contributed by atoms with van der Waals surface area (Å²) in [4.78, 5) is 39.2. The van der Waals surface area contributed by atoms with Crippen LogP contribution in [0.5, 0.6) is 0 Å². The molecule has 0 aliphatic carbocycles. The van der Waals surface area contributed by atoms with E-state index in [1.165, 1.54) is 12.3 Å². The molecule has 0 saturated carbocycles. The van der Waals surface area contributed by atoms with Crippen LogP contribution in [0.25, 0.3) is 0 Å². The highest BCUT2D eigenvalue weighted by Gasteiger charge is 2.43. The van der Waals surface area contributed by atoms with Crippen molar-refractivity contribution in [2.45, 2.75) is 103 Å². The fraction of sp³-hybridized carbons (Fsp3) is 0.774. The minimum atomic E-state index is -3.06. The summed E-state index contributed by atoms with van der Waals surface area (Å²) < 4.78 is 41.0. The molecule has 3 aliphatic heterocycles. The number of rotatable bonds is 7. The van der Waals surface area contributed by atoms with E-state index in [0.717, 1.165) is 12.1 Å². The fourth-order valence-corrected chi connectivity index (χ4v) is 6.23. The van der Waals surface area contributed by atoms with Crippen molar-refractivity contribution in [2.75, 3.05) is 57.4 Å². The highest BCUT2D eigenvalue weighted by molar-refractivity contribution is 5.97. The number of morpholine rings is 1. The Balaban J connectivity index is 1.58. The molecule has 0 aromatic carbocycles. The number of carbonyl (C=O) groups is 2. The lowest BCUT2D eigenvalue weighted by molar-refractivity contribution is -0.121. The topological polar surface area (TPSA) is 78.5 Å². The molecule has 2 saturated heterocycles. The summed E-state index contributed by atoms with van der Waals surface area (Å²) in [6, 6.07) is 1.34. The van der Waals surface area contributed by atoms with E-state index in [9.17, 15) is 18.4 Å². The number of amides is 2. The zero-order valence-corrected chi connectivity index (χ0v) is 26.6. The number of fused-ring (bicyclic) bond motifs is 1. The summed E-state index contributed by atoms with van der Waals surface area (Å²) in [6.45, 7) is 19.5. The van der Waals surface area contributed by atoms with E-state index in [1.54, 1.807) is 16.7 Å². The lowest BCUT2D eigenvalue weighted by Crippen LogP contribution is -2.64. The highest BCUT2D eigenvalue weighted by Crippen LogP contribution is 2.43. The molecule has 1 aromatic rings. The van der Waals surface area contributed by atoms with Crippen molar-refractivity contribution in [1.29, 1.82) is 0 Å². The van der Waals surface area contributed by atoms with E-state index < -0.39 is 16.9 Å². The van der Waals surface area contributed by atoms with Crippen LogP contribution in [0.2, 0.25) is 0 Å². The van der Waals surface area contributed by atoms with Gasteiger partial charge in [-0.05, 0) is 40.7 Å². The first-order valence-electron chi connectivity index (χ1n) is 15.3. The van der Waals surface area contributed by atoms with E-state index in [4.69, 9.17) is 9.47 Å². The van der Waals surface area contributed by atoms with Crippen LogP contribution in [0, 0.1) is 0 Å². The number of carbonyl (C=O) groups excluding carboxylic acids is 2. The Morgan fingerprint density at radius 1 is 1.14 bits per heavy atom. The van der Waals surface area contributed by atoms with Crippen molar-refractivity contribution in [1.82, 2.24) is 19.7 Å². The Morgan fingerprint density at radius 3 is 2.50 bits per heavy atom. The van der Waals surface area contributed by atoms with Crippen molar-refractivity contribution in [2.24, 2.45) is 0 Å². The Kier molecular flexibility index (Phi) is 9.55. The van der Waals surface area contributed by atoms with Gasteiger partial charge in [-0.15, -0.1) is 0 Å². The SMILES string of the molecule is CCCC(F)(F)c1cc2c(cn1)C(C)(C)CN2C(=O)CN1C[C@@H](C)N(C(=O)OC(C)(C)C)C[C@@H]1CN1CCOC[C@H]1C. The lowest BCUT2D eigenvalue weighted by Gasteiger charge is -2.47. The molecule has 1 aromatic heterocycles. The molecule has 3 aliphatic rings. The summed E-state index contributed by atoms with van der Waals surface area (Å²) in [7, 11) is 0. The molecule has 0 unspecified atom stereocenters. The molecule has 2 fully saturated rings. The van der Waals surface area contributed by atoms with Crippen molar-refractivity contribution in [3.8, 4) is 0 Å². The van der Waals surface area contributed by atoms with Gasteiger partial charge < -0.3 is 19.3 Å². The second kappa shape index (κ2) is 12.3. The molecule has 9 nitrogen and oxygen atoms in total. The van der Waals surface area contributed by atoms with Gasteiger partial charge in [-0.2, -0.15) is 8.78 Å². The normalized spacial score (nSPS) is 25.4. The zero-order valence-electron chi connectivity index (χ0n) is 26.6. The van der Waals surface area contributed by atoms with Gasteiger partial charge in [0.1, 0.15) is 11.3 Å². The van der Waals surface area contributed by atoms with Gasteiger partial charge in [0.05, 0.1) is 25.4 Å². The summed E-state index contributed by atoms with van der Waals surface area (Å²) >= 11 is 0. The average molecular weight is 594 g/mol. The third kappa shape index (κ3) is 7.22. The Hall–Kier alpha value is -2.37. The molecule has 0 spiro atoms. The van der Waals surface area contributed by atoms with Gasteiger partial charge in [0.15, 0.2) is 0 Å². The third-order valence-corrected chi connectivity index (χ3v) is 8.57. The minimum absolute atomic E-state index is 0.116. The van der Waals surface area contributed by atoms with E-state index in [-0.39, 0.29) is 48.8 Å².